The minimum absolute atomic E-state index is 0.751. The summed E-state index contributed by atoms with van der Waals surface area (Å²) in [5, 5.41) is 3.90. The van der Waals surface area contributed by atoms with E-state index in [2.05, 4.69) is 31.1 Å². The molecule has 0 amide bonds. The van der Waals surface area contributed by atoms with Gasteiger partial charge in [0.2, 0.25) is 0 Å². The molecule has 1 aliphatic carbocycles. The molecule has 2 fully saturated rings. The second-order valence-electron chi connectivity index (χ2n) is 6.03. The maximum absolute atomic E-state index is 3.90. The summed E-state index contributed by atoms with van der Waals surface area (Å²) in [6.45, 7) is 5.93. The Bertz CT molecular complexity index is 207. The SMILES string of the molecule is CCC1CCCC(NC2CC(C)N(C)C2)C1. The average molecular weight is 224 g/mol. The Hall–Kier alpha value is -0.0800. The summed E-state index contributed by atoms with van der Waals surface area (Å²) in [7, 11) is 2.25. The molecule has 2 rings (SSSR count). The highest BCUT2D eigenvalue weighted by Crippen LogP contribution is 2.27. The van der Waals surface area contributed by atoms with Crippen molar-refractivity contribution >= 4 is 0 Å². The molecule has 1 saturated carbocycles. The number of hydrogen-bond acceptors (Lipinski definition) is 2. The second kappa shape index (κ2) is 5.50. The number of hydrogen-bond donors (Lipinski definition) is 1. The third-order valence-electron chi connectivity index (χ3n) is 4.72. The van der Waals surface area contributed by atoms with Crippen LogP contribution in [0, 0.1) is 5.92 Å². The first-order valence-electron chi connectivity index (χ1n) is 7.15. The zero-order chi connectivity index (χ0) is 11.5. The minimum atomic E-state index is 0.751. The maximum atomic E-state index is 3.90. The molecule has 1 aliphatic heterocycles. The Morgan fingerprint density at radius 1 is 1.19 bits per heavy atom. The largest absolute Gasteiger partial charge is 0.310 e. The topological polar surface area (TPSA) is 15.3 Å². The summed E-state index contributed by atoms with van der Waals surface area (Å²) in [5.41, 5.74) is 0. The highest BCUT2D eigenvalue weighted by atomic mass is 15.2. The molecule has 16 heavy (non-hydrogen) atoms. The molecule has 1 N–H and O–H groups in total. The lowest BCUT2D eigenvalue weighted by Gasteiger charge is -2.31. The van der Waals surface area contributed by atoms with E-state index >= 15 is 0 Å². The van der Waals surface area contributed by atoms with E-state index in [4.69, 9.17) is 0 Å². The van der Waals surface area contributed by atoms with Crippen LogP contribution in [0.5, 0.6) is 0 Å². The number of nitrogens with zero attached hydrogens (tertiary/aromatic N) is 1. The van der Waals surface area contributed by atoms with Crippen molar-refractivity contribution in [3.63, 3.8) is 0 Å². The summed E-state index contributed by atoms with van der Waals surface area (Å²) >= 11 is 0. The third kappa shape index (κ3) is 2.98. The quantitative estimate of drug-likeness (QED) is 0.793. The van der Waals surface area contributed by atoms with Crippen LogP contribution in [0.3, 0.4) is 0 Å². The van der Waals surface area contributed by atoms with Crippen LogP contribution < -0.4 is 5.32 Å². The minimum Gasteiger partial charge on any atom is -0.310 e. The zero-order valence-corrected chi connectivity index (χ0v) is 11.2. The van der Waals surface area contributed by atoms with Crippen LogP contribution in [0.25, 0.3) is 0 Å². The maximum Gasteiger partial charge on any atom is 0.0212 e. The lowest BCUT2D eigenvalue weighted by atomic mass is 9.84. The molecule has 0 aromatic rings. The number of likely N-dealkylation sites (tertiary alicyclic amines) is 1. The van der Waals surface area contributed by atoms with Crippen molar-refractivity contribution in [1.82, 2.24) is 10.2 Å². The van der Waals surface area contributed by atoms with E-state index in [1.807, 2.05) is 0 Å². The van der Waals surface area contributed by atoms with E-state index in [0.717, 1.165) is 24.0 Å². The Morgan fingerprint density at radius 2 is 2.00 bits per heavy atom. The molecule has 0 aromatic heterocycles. The van der Waals surface area contributed by atoms with Crippen LogP contribution in [-0.4, -0.2) is 36.6 Å². The molecule has 2 nitrogen and oxygen atoms in total. The first-order valence-corrected chi connectivity index (χ1v) is 7.15. The van der Waals surface area contributed by atoms with E-state index in [0.29, 0.717) is 0 Å². The molecule has 1 heterocycles. The molecule has 0 spiro atoms. The molecule has 2 heteroatoms. The number of likely N-dealkylation sites (N-methyl/N-ethyl adjacent to an activating group) is 1. The van der Waals surface area contributed by atoms with Gasteiger partial charge in [-0.2, -0.15) is 0 Å². The summed E-state index contributed by atoms with van der Waals surface area (Å²) in [6.07, 6.45) is 8.45. The fourth-order valence-electron chi connectivity index (χ4n) is 3.46. The van der Waals surface area contributed by atoms with Crippen LogP contribution in [0.4, 0.5) is 0 Å². The lowest BCUT2D eigenvalue weighted by Crippen LogP contribution is -2.42. The van der Waals surface area contributed by atoms with E-state index < -0.39 is 0 Å². The molecular weight excluding hydrogens is 196 g/mol. The molecule has 2 aliphatic rings. The van der Waals surface area contributed by atoms with E-state index in [9.17, 15) is 0 Å². The molecule has 0 bridgehead atoms. The van der Waals surface area contributed by atoms with Crippen molar-refractivity contribution in [2.75, 3.05) is 13.6 Å². The van der Waals surface area contributed by atoms with E-state index in [1.165, 1.54) is 45.1 Å². The molecule has 94 valence electrons. The van der Waals surface area contributed by atoms with Gasteiger partial charge in [-0.1, -0.05) is 26.2 Å². The fraction of sp³-hybridized carbons (Fsp3) is 1.00. The van der Waals surface area contributed by atoms with Gasteiger partial charge in [-0.15, -0.1) is 0 Å². The van der Waals surface area contributed by atoms with Crippen LogP contribution in [-0.2, 0) is 0 Å². The van der Waals surface area contributed by atoms with Crippen molar-refractivity contribution in [1.29, 1.82) is 0 Å². The molecular formula is C14H28N2. The summed E-state index contributed by atoms with van der Waals surface area (Å²) in [6, 6.07) is 2.33. The molecule has 4 atom stereocenters. The predicted molar refractivity (Wildman–Crippen MR) is 69.7 cm³/mol. The van der Waals surface area contributed by atoms with Crippen molar-refractivity contribution < 1.29 is 0 Å². The zero-order valence-electron chi connectivity index (χ0n) is 11.2. The van der Waals surface area contributed by atoms with Gasteiger partial charge in [0.05, 0.1) is 0 Å². The van der Waals surface area contributed by atoms with Gasteiger partial charge in [0, 0.05) is 24.7 Å². The van der Waals surface area contributed by atoms with Crippen LogP contribution >= 0.6 is 0 Å². The average Bonchev–Trinajstić information content (AvgIpc) is 2.58. The molecule has 0 radical (unpaired) electrons. The van der Waals surface area contributed by atoms with Crippen LogP contribution in [0.2, 0.25) is 0 Å². The first-order chi connectivity index (χ1) is 7.69. The molecule has 0 aromatic carbocycles. The van der Waals surface area contributed by atoms with Crippen molar-refractivity contribution in [2.24, 2.45) is 5.92 Å². The van der Waals surface area contributed by atoms with Crippen molar-refractivity contribution in [3.05, 3.63) is 0 Å². The van der Waals surface area contributed by atoms with Gasteiger partial charge in [0.25, 0.3) is 0 Å². The van der Waals surface area contributed by atoms with Gasteiger partial charge in [-0.05, 0) is 39.2 Å². The first kappa shape index (κ1) is 12.4. The number of rotatable bonds is 3. The van der Waals surface area contributed by atoms with Gasteiger partial charge < -0.3 is 10.2 Å². The van der Waals surface area contributed by atoms with Gasteiger partial charge in [0.15, 0.2) is 0 Å². The monoisotopic (exact) mass is 224 g/mol. The predicted octanol–water partition coefficient (Wildman–Crippen LogP) is 2.64. The summed E-state index contributed by atoms with van der Waals surface area (Å²) in [4.78, 5) is 2.48. The van der Waals surface area contributed by atoms with E-state index in [-0.39, 0.29) is 0 Å². The second-order valence-corrected chi connectivity index (χ2v) is 6.03. The Kier molecular flexibility index (Phi) is 4.26. The Morgan fingerprint density at radius 3 is 2.62 bits per heavy atom. The molecule has 1 saturated heterocycles. The Balaban J connectivity index is 1.77. The van der Waals surface area contributed by atoms with E-state index in [1.54, 1.807) is 0 Å². The van der Waals surface area contributed by atoms with Gasteiger partial charge in [-0.3, -0.25) is 0 Å². The van der Waals surface area contributed by atoms with Crippen LogP contribution in [0.15, 0.2) is 0 Å². The van der Waals surface area contributed by atoms with Crippen molar-refractivity contribution in [3.8, 4) is 0 Å². The van der Waals surface area contributed by atoms with Gasteiger partial charge >= 0.3 is 0 Å². The smallest absolute Gasteiger partial charge is 0.0212 e. The standard InChI is InChI=1S/C14H28N2/c1-4-12-6-5-7-13(9-12)15-14-8-11(2)16(3)10-14/h11-15H,4-10H2,1-3H3. The fourth-order valence-corrected chi connectivity index (χ4v) is 3.46. The highest BCUT2D eigenvalue weighted by molar-refractivity contribution is 4.88. The lowest BCUT2D eigenvalue weighted by molar-refractivity contribution is 0.260. The highest BCUT2D eigenvalue weighted by Gasteiger charge is 2.29. The molecule has 4 unspecified atom stereocenters. The summed E-state index contributed by atoms with van der Waals surface area (Å²) in [5.74, 6) is 0.989. The Labute approximate surface area is 101 Å². The van der Waals surface area contributed by atoms with Gasteiger partial charge in [0.1, 0.15) is 0 Å². The van der Waals surface area contributed by atoms with Gasteiger partial charge in [-0.25, -0.2) is 0 Å². The van der Waals surface area contributed by atoms with Crippen LogP contribution in [0.1, 0.15) is 52.4 Å². The summed E-state index contributed by atoms with van der Waals surface area (Å²) < 4.78 is 0. The normalized spacial score (nSPS) is 41.4. The third-order valence-corrected chi connectivity index (χ3v) is 4.72. The van der Waals surface area contributed by atoms with Crippen molar-refractivity contribution in [2.45, 2.75) is 70.5 Å². The number of nitrogens with one attached hydrogen (secondary N) is 1.